The molecule has 1 aliphatic rings. The van der Waals surface area contributed by atoms with Crippen molar-refractivity contribution < 1.29 is 13.7 Å². The van der Waals surface area contributed by atoms with E-state index in [1.165, 1.54) is 38.4 Å². The highest BCUT2D eigenvalue weighted by Crippen LogP contribution is 2.53. The molecule has 0 bridgehead atoms. The van der Waals surface area contributed by atoms with Crippen LogP contribution in [-0.4, -0.2) is 0 Å². The average molecular weight is 479 g/mol. The molecule has 3 aromatic carbocycles. The SMILES string of the molecule is Cc1c2c(c(CC(C)(C)C)c3ccoc13)Oc1c3ccc(CC(C)(C)C)cc3cc3cc[n+](C)c-2c13. The standard InChI is InChI=1S/C33H36NO2/c1-19-26-28-27-21(11-13-34(28)8)16-22-15-20(17-32(2,3)4)9-10-23(22)30(27)36-31(26)25(18-33(5,6)7)24-12-14-35-29(19)24/h9-16H,17-18H2,1-8H3/q+1. The molecule has 0 saturated heterocycles. The molecule has 184 valence electrons. The average Bonchev–Trinajstić information content (AvgIpc) is 3.26. The Labute approximate surface area is 213 Å². The predicted molar refractivity (Wildman–Crippen MR) is 149 cm³/mol. The molecule has 0 spiro atoms. The van der Waals surface area contributed by atoms with Gasteiger partial charge in [-0.1, -0.05) is 59.7 Å². The second-order valence-electron chi connectivity index (χ2n) is 13.0. The number of rotatable bonds is 2. The lowest BCUT2D eigenvalue weighted by molar-refractivity contribution is -0.659. The number of aromatic nitrogens is 1. The minimum absolute atomic E-state index is 0.103. The van der Waals surface area contributed by atoms with Crippen LogP contribution >= 0.6 is 0 Å². The van der Waals surface area contributed by atoms with Crippen molar-refractivity contribution in [3.63, 3.8) is 0 Å². The van der Waals surface area contributed by atoms with Gasteiger partial charge in [0, 0.05) is 28.0 Å². The molecule has 0 N–H and O–H groups in total. The van der Waals surface area contributed by atoms with E-state index in [1.807, 2.05) is 6.26 Å². The molecule has 0 atom stereocenters. The third-order valence-electron chi connectivity index (χ3n) is 7.34. The molecular weight excluding hydrogens is 442 g/mol. The number of hydrogen-bond acceptors (Lipinski definition) is 2. The van der Waals surface area contributed by atoms with Crippen LogP contribution in [0.2, 0.25) is 0 Å². The largest absolute Gasteiger partial charge is 0.464 e. The maximum atomic E-state index is 7.04. The molecule has 36 heavy (non-hydrogen) atoms. The Balaban J connectivity index is 1.71. The smallest absolute Gasteiger partial charge is 0.228 e. The fourth-order valence-corrected chi connectivity index (χ4v) is 5.99. The Hall–Kier alpha value is -3.33. The van der Waals surface area contributed by atoms with Gasteiger partial charge in [0.15, 0.2) is 6.20 Å². The van der Waals surface area contributed by atoms with Gasteiger partial charge in [-0.2, -0.15) is 0 Å². The number of hydrogen-bond donors (Lipinski definition) is 0. The van der Waals surface area contributed by atoms with Gasteiger partial charge >= 0.3 is 0 Å². The topological polar surface area (TPSA) is 26.2 Å². The monoisotopic (exact) mass is 478 g/mol. The number of aryl methyl sites for hydroxylation is 2. The maximum absolute atomic E-state index is 7.04. The van der Waals surface area contributed by atoms with E-state index < -0.39 is 0 Å². The molecule has 0 aliphatic carbocycles. The zero-order valence-corrected chi connectivity index (χ0v) is 22.8. The van der Waals surface area contributed by atoms with E-state index in [0.29, 0.717) is 0 Å². The van der Waals surface area contributed by atoms with Crippen LogP contribution < -0.4 is 9.30 Å². The highest BCUT2D eigenvalue weighted by molar-refractivity contribution is 6.13. The van der Waals surface area contributed by atoms with E-state index >= 15 is 0 Å². The Morgan fingerprint density at radius 2 is 1.56 bits per heavy atom. The van der Waals surface area contributed by atoms with Crippen LogP contribution in [0.5, 0.6) is 11.5 Å². The highest BCUT2D eigenvalue weighted by atomic mass is 16.5. The van der Waals surface area contributed by atoms with Crippen molar-refractivity contribution in [3.05, 3.63) is 65.5 Å². The quantitative estimate of drug-likeness (QED) is 0.184. The Bertz CT molecular complexity index is 1690. The normalized spacial score (nSPS) is 13.4. The molecule has 0 fully saturated rings. The van der Waals surface area contributed by atoms with Crippen molar-refractivity contribution in [2.45, 2.75) is 61.3 Å². The minimum atomic E-state index is 0.103. The molecular formula is C33H36NO2+. The fraction of sp³-hybridized carbons (Fsp3) is 0.364. The Morgan fingerprint density at radius 1 is 0.806 bits per heavy atom. The number of furan rings is 1. The van der Waals surface area contributed by atoms with Gasteiger partial charge in [-0.15, -0.1) is 0 Å². The van der Waals surface area contributed by atoms with Crippen molar-refractivity contribution >= 4 is 32.5 Å². The summed E-state index contributed by atoms with van der Waals surface area (Å²) in [5, 5.41) is 5.96. The van der Waals surface area contributed by atoms with Crippen molar-refractivity contribution in [1.82, 2.24) is 0 Å². The molecule has 2 aromatic heterocycles. The summed E-state index contributed by atoms with van der Waals surface area (Å²) in [6.07, 6.45) is 5.94. The molecule has 0 unspecified atom stereocenters. The van der Waals surface area contributed by atoms with Crippen LogP contribution in [0.15, 0.2) is 53.3 Å². The van der Waals surface area contributed by atoms with Gasteiger partial charge < -0.3 is 9.15 Å². The summed E-state index contributed by atoms with van der Waals surface area (Å²) in [5.74, 6) is 1.96. The number of fused-ring (bicyclic) bond motifs is 5. The molecule has 3 heteroatoms. The lowest BCUT2D eigenvalue weighted by Crippen LogP contribution is -2.32. The summed E-state index contributed by atoms with van der Waals surface area (Å²) in [4.78, 5) is 0. The van der Waals surface area contributed by atoms with Crippen molar-refractivity contribution in [1.29, 1.82) is 0 Å². The zero-order valence-electron chi connectivity index (χ0n) is 22.8. The van der Waals surface area contributed by atoms with E-state index in [0.717, 1.165) is 46.4 Å². The first-order chi connectivity index (χ1) is 16.9. The summed E-state index contributed by atoms with van der Waals surface area (Å²) in [6, 6.07) is 13.5. The maximum Gasteiger partial charge on any atom is 0.228 e. The lowest BCUT2D eigenvalue weighted by atomic mass is 9.83. The van der Waals surface area contributed by atoms with Crippen LogP contribution in [0.3, 0.4) is 0 Å². The third-order valence-corrected chi connectivity index (χ3v) is 7.34. The van der Waals surface area contributed by atoms with Crippen molar-refractivity contribution in [2.24, 2.45) is 17.9 Å². The summed E-state index contributed by atoms with van der Waals surface area (Å²) in [7, 11) is 2.14. The summed E-state index contributed by atoms with van der Waals surface area (Å²) in [5.41, 5.74) is 7.40. The summed E-state index contributed by atoms with van der Waals surface area (Å²) < 4.78 is 15.3. The van der Waals surface area contributed by atoms with E-state index in [1.54, 1.807) is 0 Å². The fourth-order valence-electron chi connectivity index (χ4n) is 5.99. The van der Waals surface area contributed by atoms with Gasteiger partial charge in [0.2, 0.25) is 5.69 Å². The first-order valence-corrected chi connectivity index (χ1v) is 13.0. The van der Waals surface area contributed by atoms with E-state index in [4.69, 9.17) is 9.15 Å². The third kappa shape index (κ3) is 3.59. The van der Waals surface area contributed by atoms with Crippen LogP contribution in [0.4, 0.5) is 0 Å². The predicted octanol–water partition coefficient (Wildman–Crippen LogP) is 8.82. The van der Waals surface area contributed by atoms with E-state index in [2.05, 4.69) is 103 Å². The van der Waals surface area contributed by atoms with Crippen molar-refractivity contribution in [2.75, 3.05) is 0 Å². The summed E-state index contributed by atoms with van der Waals surface area (Å²) in [6.45, 7) is 15.9. The lowest BCUT2D eigenvalue weighted by Gasteiger charge is -2.27. The number of benzene rings is 3. The molecule has 5 aromatic rings. The Morgan fingerprint density at radius 3 is 2.28 bits per heavy atom. The molecule has 0 saturated carbocycles. The highest BCUT2D eigenvalue weighted by Gasteiger charge is 2.35. The molecule has 0 radical (unpaired) electrons. The number of ether oxygens (including phenoxy) is 1. The van der Waals surface area contributed by atoms with Gasteiger partial charge in [0.05, 0.1) is 17.2 Å². The molecule has 0 amide bonds. The van der Waals surface area contributed by atoms with Gasteiger partial charge in [-0.25, -0.2) is 4.57 Å². The zero-order chi connectivity index (χ0) is 25.6. The minimum Gasteiger partial charge on any atom is -0.464 e. The molecule has 6 rings (SSSR count). The van der Waals surface area contributed by atoms with Crippen molar-refractivity contribution in [3.8, 4) is 22.8 Å². The number of nitrogens with zero attached hydrogens (tertiary/aromatic N) is 1. The first-order valence-electron chi connectivity index (χ1n) is 13.0. The number of pyridine rings is 1. The second-order valence-corrected chi connectivity index (χ2v) is 13.0. The molecule has 1 aliphatic heterocycles. The van der Waals surface area contributed by atoms with Gasteiger partial charge in [-0.3, -0.25) is 0 Å². The van der Waals surface area contributed by atoms with Gasteiger partial charge in [0.25, 0.3) is 0 Å². The summed E-state index contributed by atoms with van der Waals surface area (Å²) >= 11 is 0. The van der Waals surface area contributed by atoms with Crippen LogP contribution in [0.25, 0.3) is 43.8 Å². The molecule has 3 nitrogen and oxygen atoms in total. The van der Waals surface area contributed by atoms with Gasteiger partial charge in [0.1, 0.15) is 24.1 Å². The Kier molecular flexibility index (Phi) is 4.87. The first kappa shape index (κ1) is 23.1. The van der Waals surface area contributed by atoms with E-state index in [9.17, 15) is 0 Å². The van der Waals surface area contributed by atoms with Gasteiger partial charge in [-0.05, 0) is 59.1 Å². The molecule has 3 heterocycles. The van der Waals surface area contributed by atoms with E-state index in [-0.39, 0.29) is 10.8 Å². The van der Waals surface area contributed by atoms with Crippen LogP contribution in [0.1, 0.15) is 58.2 Å². The van der Waals surface area contributed by atoms with Crippen LogP contribution in [0, 0.1) is 17.8 Å². The second kappa shape index (κ2) is 7.59. The van der Waals surface area contributed by atoms with Crippen LogP contribution in [-0.2, 0) is 19.9 Å².